The summed E-state index contributed by atoms with van der Waals surface area (Å²) >= 11 is 0. The maximum atomic E-state index is 8.24. The summed E-state index contributed by atoms with van der Waals surface area (Å²) in [6.45, 7) is 0. The number of aliphatic hydroxyl groups excluding tert-OH is 1. The van der Waals surface area contributed by atoms with E-state index in [4.69, 9.17) is 5.11 Å². The van der Waals surface area contributed by atoms with Crippen LogP contribution in [0.1, 0.15) is 5.82 Å². The van der Waals surface area contributed by atoms with Crippen molar-refractivity contribution in [2.75, 3.05) is 0 Å². The lowest BCUT2D eigenvalue weighted by Gasteiger charge is -1.83. The Hall–Kier alpha value is -1.25. The SMILES string of the molecule is OC=CCc1ncc[nH]1. The number of aromatic amines is 1. The monoisotopic (exact) mass is 124 g/mol. The summed E-state index contributed by atoms with van der Waals surface area (Å²) in [6.07, 6.45) is 6.73. The lowest BCUT2D eigenvalue weighted by atomic mass is 10.4. The van der Waals surface area contributed by atoms with Gasteiger partial charge in [0, 0.05) is 18.8 Å². The summed E-state index contributed by atoms with van der Waals surface area (Å²) < 4.78 is 0. The van der Waals surface area contributed by atoms with Gasteiger partial charge in [0.05, 0.1) is 6.26 Å². The van der Waals surface area contributed by atoms with Crippen LogP contribution in [0, 0.1) is 0 Å². The summed E-state index contributed by atoms with van der Waals surface area (Å²) in [6, 6.07) is 0. The molecule has 0 spiro atoms. The van der Waals surface area contributed by atoms with Crippen LogP contribution in [-0.2, 0) is 6.42 Å². The smallest absolute Gasteiger partial charge is 0.109 e. The predicted molar refractivity (Wildman–Crippen MR) is 34.1 cm³/mol. The van der Waals surface area contributed by atoms with Gasteiger partial charge in [0.2, 0.25) is 0 Å². The Balaban J connectivity index is 2.48. The van der Waals surface area contributed by atoms with Crippen molar-refractivity contribution < 1.29 is 5.11 Å². The van der Waals surface area contributed by atoms with Crippen molar-refractivity contribution in [2.24, 2.45) is 0 Å². The van der Waals surface area contributed by atoms with E-state index in [-0.39, 0.29) is 0 Å². The molecule has 3 nitrogen and oxygen atoms in total. The Morgan fingerprint density at radius 3 is 3.22 bits per heavy atom. The van der Waals surface area contributed by atoms with E-state index < -0.39 is 0 Å². The Morgan fingerprint density at radius 2 is 2.67 bits per heavy atom. The topological polar surface area (TPSA) is 48.9 Å². The lowest BCUT2D eigenvalue weighted by molar-refractivity contribution is 0.471. The summed E-state index contributed by atoms with van der Waals surface area (Å²) in [5, 5.41) is 8.24. The molecule has 48 valence electrons. The van der Waals surface area contributed by atoms with Crippen molar-refractivity contribution in [1.29, 1.82) is 0 Å². The van der Waals surface area contributed by atoms with Crippen LogP contribution in [0.25, 0.3) is 0 Å². The largest absolute Gasteiger partial charge is 0.516 e. The average molecular weight is 124 g/mol. The van der Waals surface area contributed by atoms with Gasteiger partial charge in [-0.2, -0.15) is 0 Å². The summed E-state index contributed by atoms with van der Waals surface area (Å²) in [5.41, 5.74) is 0. The highest BCUT2D eigenvalue weighted by Crippen LogP contribution is 1.89. The molecule has 0 saturated carbocycles. The van der Waals surface area contributed by atoms with Gasteiger partial charge in [0.25, 0.3) is 0 Å². The van der Waals surface area contributed by atoms with E-state index in [2.05, 4.69) is 9.97 Å². The van der Waals surface area contributed by atoms with E-state index in [9.17, 15) is 0 Å². The van der Waals surface area contributed by atoms with Crippen molar-refractivity contribution in [2.45, 2.75) is 6.42 Å². The molecule has 1 heterocycles. The molecule has 1 aromatic heterocycles. The molecule has 0 bridgehead atoms. The first-order chi connectivity index (χ1) is 4.43. The molecule has 0 aromatic carbocycles. The summed E-state index contributed by atoms with van der Waals surface area (Å²) in [5.74, 6) is 0.861. The zero-order valence-corrected chi connectivity index (χ0v) is 4.91. The minimum Gasteiger partial charge on any atom is -0.516 e. The maximum absolute atomic E-state index is 8.24. The number of H-pyrrole nitrogens is 1. The van der Waals surface area contributed by atoms with Crippen LogP contribution in [0.3, 0.4) is 0 Å². The third kappa shape index (κ3) is 1.60. The Bertz CT molecular complexity index is 179. The van der Waals surface area contributed by atoms with E-state index in [1.807, 2.05) is 0 Å². The molecule has 0 aliphatic rings. The molecule has 1 rings (SSSR count). The predicted octanol–water partition coefficient (Wildman–Crippen LogP) is 1.02. The normalized spacial score (nSPS) is 10.7. The van der Waals surface area contributed by atoms with E-state index in [1.165, 1.54) is 0 Å². The fourth-order valence-corrected chi connectivity index (χ4v) is 0.574. The number of aromatic nitrogens is 2. The second-order valence-electron chi connectivity index (χ2n) is 1.62. The molecule has 9 heavy (non-hydrogen) atoms. The zero-order valence-electron chi connectivity index (χ0n) is 4.91. The number of nitrogens with one attached hydrogen (secondary N) is 1. The van der Waals surface area contributed by atoms with Gasteiger partial charge >= 0.3 is 0 Å². The third-order valence-corrected chi connectivity index (χ3v) is 0.971. The summed E-state index contributed by atoms with van der Waals surface area (Å²) in [4.78, 5) is 6.83. The Morgan fingerprint density at radius 1 is 1.78 bits per heavy atom. The van der Waals surface area contributed by atoms with Gasteiger partial charge in [-0.05, 0) is 6.08 Å². The molecule has 0 amide bonds. The van der Waals surface area contributed by atoms with Crippen LogP contribution in [0.4, 0.5) is 0 Å². The second kappa shape index (κ2) is 2.91. The Kier molecular flexibility index (Phi) is 1.90. The molecule has 0 aliphatic heterocycles. The Labute approximate surface area is 53.1 Å². The van der Waals surface area contributed by atoms with Crippen molar-refractivity contribution in [3.63, 3.8) is 0 Å². The van der Waals surface area contributed by atoms with Crippen LogP contribution in [0.5, 0.6) is 0 Å². The van der Waals surface area contributed by atoms with E-state index >= 15 is 0 Å². The van der Waals surface area contributed by atoms with E-state index in [0.717, 1.165) is 12.1 Å². The number of hydrogen-bond donors (Lipinski definition) is 2. The molecule has 0 atom stereocenters. The van der Waals surface area contributed by atoms with Gasteiger partial charge in [0.1, 0.15) is 5.82 Å². The van der Waals surface area contributed by atoms with Gasteiger partial charge in [-0.15, -0.1) is 0 Å². The standard InChI is InChI=1S/C6H8N2O/c9-5-1-2-6-7-3-4-8-6/h1,3-5,9H,2H2,(H,7,8). The molecular formula is C6H8N2O. The number of aliphatic hydroxyl groups is 1. The number of rotatable bonds is 2. The number of hydrogen-bond acceptors (Lipinski definition) is 2. The van der Waals surface area contributed by atoms with Crippen LogP contribution >= 0.6 is 0 Å². The minimum absolute atomic E-state index is 0.656. The minimum atomic E-state index is 0.656. The van der Waals surface area contributed by atoms with Gasteiger partial charge in [-0.3, -0.25) is 0 Å². The summed E-state index contributed by atoms with van der Waals surface area (Å²) in [7, 11) is 0. The fraction of sp³-hybridized carbons (Fsp3) is 0.167. The highest BCUT2D eigenvalue weighted by molar-refractivity contribution is 4.93. The van der Waals surface area contributed by atoms with Crippen LogP contribution in [-0.4, -0.2) is 15.1 Å². The van der Waals surface area contributed by atoms with Gasteiger partial charge < -0.3 is 10.1 Å². The second-order valence-corrected chi connectivity index (χ2v) is 1.62. The third-order valence-electron chi connectivity index (χ3n) is 0.971. The van der Waals surface area contributed by atoms with E-state index in [0.29, 0.717) is 6.42 Å². The molecule has 0 radical (unpaired) electrons. The quantitative estimate of drug-likeness (QED) is 0.578. The van der Waals surface area contributed by atoms with Crippen molar-refractivity contribution in [3.05, 3.63) is 30.6 Å². The highest BCUT2D eigenvalue weighted by atomic mass is 16.2. The highest BCUT2D eigenvalue weighted by Gasteiger charge is 1.86. The lowest BCUT2D eigenvalue weighted by Crippen LogP contribution is -1.81. The first kappa shape index (κ1) is 5.88. The molecule has 0 fully saturated rings. The molecule has 1 aromatic rings. The fourth-order valence-electron chi connectivity index (χ4n) is 0.574. The van der Waals surface area contributed by atoms with Gasteiger partial charge in [-0.1, -0.05) is 0 Å². The number of allylic oxidation sites excluding steroid dienone is 1. The number of nitrogens with zero attached hydrogens (tertiary/aromatic N) is 1. The molecular weight excluding hydrogens is 116 g/mol. The first-order valence-corrected chi connectivity index (χ1v) is 2.71. The zero-order chi connectivity index (χ0) is 6.53. The van der Waals surface area contributed by atoms with Crippen molar-refractivity contribution >= 4 is 0 Å². The van der Waals surface area contributed by atoms with Crippen LogP contribution in [0.2, 0.25) is 0 Å². The average Bonchev–Trinajstić information content (AvgIpc) is 2.34. The molecule has 0 saturated heterocycles. The molecule has 2 N–H and O–H groups in total. The van der Waals surface area contributed by atoms with E-state index in [1.54, 1.807) is 18.5 Å². The van der Waals surface area contributed by atoms with Crippen molar-refractivity contribution in [1.82, 2.24) is 9.97 Å². The molecule has 0 aliphatic carbocycles. The maximum Gasteiger partial charge on any atom is 0.109 e. The van der Waals surface area contributed by atoms with Crippen LogP contribution < -0.4 is 0 Å². The first-order valence-electron chi connectivity index (χ1n) is 2.71. The van der Waals surface area contributed by atoms with Crippen LogP contribution in [0.15, 0.2) is 24.7 Å². The molecule has 3 heteroatoms. The van der Waals surface area contributed by atoms with Gasteiger partial charge in [-0.25, -0.2) is 4.98 Å². The van der Waals surface area contributed by atoms with Gasteiger partial charge in [0.15, 0.2) is 0 Å². The number of imidazole rings is 1. The molecule has 0 unspecified atom stereocenters. The van der Waals surface area contributed by atoms with Crippen molar-refractivity contribution in [3.8, 4) is 0 Å².